The molecule has 124 valence electrons. The smallest absolute Gasteiger partial charge is 0.270 e. The normalized spacial score (nSPS) is 17.8. The average Bonchev–Trinajstić information content (AvgIpc) is 2.55. The number of likely N-dealkylation sites (tertiary alicyclic amines) is 1. The van der Waals surface area contributed by atoms with Gasteiger partial charge in [-0.1, -0.05) is 6.07 Å². The van der Waals surface area contributed by atoms with E-state index in [0.29, 0.717) is 18.7 Å². The van der Waals surface area contributed by atoms with E-state index in [4.69, 9.17) is 0 Å². The van der Waals surface area contributed by atoms with E-state index in [2.05, 4.69) is 10.3 Å². The molecule has 1 atom stereocenters. The van der Waals surface area contributed by atoms with Gasteiger partial charge < -0.3 is 10.2 Å². The summed E-state index contributed by atoms with van der Waals surface area (Å²) >= 11 is 0. The van der Waals surface area contributed by atoms with Gasteiger partial charge in [0.15, 0.2) is 0 Å². The molecule has 1 fully saturated rings. The van der Waals surface area contributed by atoms with Crippen molar-refractivity contribution >= 4 is 24.0 Å². The Labute approximate surface area is 140 Å². The van der Waals surface area contributed by atoms with Crippen LogP contribution >= 0.6 is 12.4 Å². The SMILES string of the molecule is CNC1CCCN(C(=O)c2cnc3ccc(C)cn3c2=O)C1.Cl. The fourth-order valence-electron chi connectivity index (χ4n) is 2.90. The number of rotatable bonds is 2. The minimum atomic E-state index is -0.301. The van der Waals surface area contributed by atoms with Crippen LogP contribution in [-0.2, 0) is 0 Å². The van der Waals surface area contributed by atoms with Crippen molar-refractivity contribution in [1.82, 2.24) is 19.6 Å². The van der Waals surface area contributed by atoms with Gasteiger partial charge in [0.05, 0.1) is 0 Å². The average molecular weight is 337 g/mol. The summed E-state index contributed by atoms with van der Waals surface area (Å²) in [5.41, 5.74) is 1.35. The highest BCUT2D eigenvalue weighted by molar-refractivity contribution is 5.93. The number of nitrogens with one attached hydrogen (secondary N) is 1. The summed E-state index contributed by atoms with van der Waals surface area (Å²) < 4.78 is 1.45. The van der Waals surface area contributed by atoms with Crippen LogP contribution in [-0.4, -0.2) is 46.4 Å². The Morgan fingerprint density at radius 3 is 2.91 bits per heavy atom. The molecule has 1 N–H and O–H groups in total. The van der Waals surface area contributed by atoms with E-state index in [1.54, 1.807) is 17.2 Å². The minimum absolute atomic E-state index is 0. The van der Waals surface area contributed by atoms with Crippen LogP contribution in [0.15, 0.2) is 29.3 Å². The number of hydrogen-bond acceptors (Lipinski definition) is 4. The summed E-state index contributed by atoms with van der Waals surface area (Å²) in [6, 6.07) is 3.96. The van der Waals surface area contributed by atoms with Crippen LogP contribution < -0.4 is 10.9 Å². The Bertz CT molecular complexity index is 774. The molecule has 3 heterocycles. The highest BCUT2D eigenvalue weighted by Gasteiger charge is 2.25. The van der Waals surface area contributed by atoms with Crippen LogP contribution in [0.4, 0.5) is 0 Å². The van der Waals surface area contributed by atoms with Gasteiger partial charge in [0, 0.05) is 31.5 Å². The molecule has 0 saturated carbocycles. The fraction of sp³-hybridized carbons (Fsp3) is 0.438. The molecule has 0 aromatic carbocycles. The third kappa shape index (κ3) is 3.38. The number of aromatic nitrogens is 2. The molecule has 0 aliphatic carbocycles. The van der Waals surface area contributed by atoms with Crippen LogP contribution in [0.1, 0.15) is 28.8 Å². The van der Waals surface area contributed by atoms with Crippen molar-refractivity contribution in [3.8, 4) is 0 Å². The van der Waals surface area contributed by atoms with Crippen LogP contribution in [0.5, 0.6) is 0 Å². The maximum Gasteiger partial charge on any atom is 0.270 e. The fourth-order valence-corrected chi connectivity index (χ4v) is 2.90. The lowest BCUT2D eigenvalue weighted by atomic mass is 10.1. The molecule has 23 heavy (non-hydrogen) atoms. The zero-order chi connectivity index (χ0) is 15.7. The molecule has 1 unspecified atom stereocenters. The van der Waals surface area contributed by atoms with Crippen molar-refractivity contribution in [3.05, 3.63) is 46.0 Å². The lowest BCUT2D eigenvalue weighted by molar-refractivity contribution is 0.0695. The maximum absolute atomic E-state index is 12.7. The lowest BCUT2D eigenvalue weighted by Crippen LogP contribution is -2.48. The molecule has 1 aliphatic rings. The van der Waals surface area contributed by atoms with Gasteiger partial charge >= 0.3 is 0 Å². The topological polar surface area (TPSA) is 66.7 Å². The van der Waals surface area contributed by atoms with E-state index in [0.717, 1.165) is 18.4 Å². The Kier molecular flexibility index (Phi) is 5.38. The predicted octanol–water partition coefficient (Wildman–Crippen LogP) is 1.25. The zero-order valence-electron chi connectivity index (χ0n) is 13.3. The van der Waals surface area contributed by atoms with Gasteiger partial charge in [-0.2, -0.15) is 0 Å². The van der Waals surface area contributed by atoms with Crippen molar-refractivity contribution in [2.75, 3.05) is 20.1 Å². The van der Waals surface area contributed by atoms with E-state index < -0.39 is 0 Å². The first kappa shape index (κ1) is 17.4. The zero-order valence-corrected chi connectivity index (χ0v) is 14.1. The van der Waals surface area contributed by atoms with Crippen molar-refractivity contribution in [2.24, 2.45) is 0 Å². The highest BCUT2D eigenvalue weighted by Crippen LogP contribution is 2.12. The summed E-state index contributed by atoms with van der Waals surface area (Å²) in [6.07, 6.45) is 5.11. The number of nitrogens with zero attached hydrogens (tertiary/aromatic N) is 3. The second-order valence-electron chi connectivity index (χ2n) is 5.79. The second-order valence-corrected chi connectivity index (χ2v) is 5.79. The van der Waals surface area contributed by atoms with Gasteiger partial charge in [-0.05, 0) is 38.4 Å². The maximum atomic E-state index is 12.7. The first-order chi connectivity index (χ1) is 10.6. The second kappa shape index (κ2) is 7.10. The molecule has 6 nitrogen and oxygen atoms in total. The monoisotopic (exact) mass is 336 g/mol. The molecule has 3 rings (SSSR count). The van der Waals surface area contributed by atoms with Crippen LogP contribution in [0.2, 0.25) is 0 Å². The van der Waals surface area contributed by atoms with E-state index in [1.165, 1.54) is 10.6 Å². The molecule has 7 heteroatoms. The third-order valence-corrected chi connectivity index (χ3v) is 4.20. The van der Waals surface area contributed by atoms with E-state index in [-0.39, 0.29) is 35.5 Å². The van der Waals surface area contributed by atoms with E-state index >= 15 is 0 Å². The Hall–Kier alpha value is -1.92. The number of hydrogen-bond donors (Lipinski definition) is 1. The van der Waals surface area contributed by atoms with Crippen LogP contribution in [0.3, 0.4) is 0 Å². The summed E-state index contributed by atoms with van der Waals surface area (Å²) in [7, 11) is 1.90. The van der Waals surface area contributed by atoms with E-state index in [1.807, 2.05) is 20.0 Å². The summed E-state index contributed by atoms with van der Waals surface area (Å²) in [5.74, 6) is -0.228. The number of carbonyl (C=O) groups excluding carboxylic acids is 1. The number of piperidine rings is 1. The van der Waals surface area contributed by atoms with Gasteiger partial charge in [-0.15, -0.1) is 12.4 Å². The Morgan fingerprint density at radius 2 is 2.17 bits per heavy atom. The molecule has 0 spiro atoms. The molecule has 0 bridgehead atoms. The molecular weight excluding hydrogens is 316 g/mol. The minimum Gasteiger partial charge on any atom is -0.337 e. The molecule has 1 aliphatic heterocycles. The summed E-state index contributed by atoms with van der Waals surface area (Å²) in [4.78, 5) is 31.2. The van der Waals surface area contributed by atoms with Crippen LogP contribution in [0, 0.1) is 6.92 Å². The number of amides is 1. The Balaban J connectivity index is 0.00000192. The third-order valence-electron chi connectivity index (χ3n) is 4.20. The Morgan fingerprint density at radius 1 is 1.39 bits per heavy atom. The molecule has 1 saturated heterocycles. The molecule has 1 amide bonds. The van der Waals surface area contributed by atoms with Gasteiger partial charge in [0.2, 0.25) is 0 Å². The molecule has 2 aromatic rings. The molecule has 2 aromatic heterocycles. The summed E-state index contributed by atoms with van der Waals surface area (Å²) in [5, 5.41) is 3.20. The first-order valence-corrected chi connectivity index (χ1v) is 7.54. The molecular formula is C16H21ClN4O2. The van der Waals surface area contributed by atoms with Gasteiger partial charge in [0.25, 0.3) is 11.5 Å². The van der Waals surface area contributed by atoms with Gasteiger partial charge in [-0.25, -0.2) is 4.98 Å². The number of pyridine rings is 1. The van der Waals surface area contributed by atoms with Gasteiger partial charge in [0.1, 0.15) is 11.2 Å². The van der Waals surface area contributed by atoms with Gasteiger partial charge in [-0.3, -0.25) is 14.0 Å². The number of halogens is 1. The first-order valence-electron chi connectivity index (χ1n) is 7.54. The lowest BCUT2D eigenvalue weighted by Gasteiger charge is -2.32. The van der Waals surface area contributed by atoms with Crippen molar-refractivity contribution < 1.29 is 4.79 Å². The number of carbonyl (C=O) groups is 1. The number of fused-ring (bicyclic) bond motifs is 1. The highest BCUT2D eigenvalue weighted by atomic mass is 35.5. The standard InChI is InChI=1S/C16H20N4O2.ClH/c1-11-5-6-14-18-8-13(16(22)20(14)9-11)15(21)19-7-3-4-12(10-19)17-2;/h5-6,8-9,12,17H,3-4,7,10H2,1-2H3;1H. The number of likely N-dealkylation sites (N-methyl/N-ethyl adjacent to an activating group) is 1. The molecule has 0 radical (unpaired) electrons. The van der Waals surface area contributed by atoms with Crippen molar-refractivity contribution in [1.29, 1.82) is 0 Å². The summed E-state index contributed by atoms with van der Waals surface area (Å²) in [6.45, 7) is 3.22. The van der Waals surface area contributed by atoms with Crippen LogP contribution in [0.25, 0.3) is 5.65 Å². The predicted molar refractivity (Wildman–Crippen MR) is 91.4 cm³/mol. The van der Waals surface area contributed by atoms with E-state index in [9.17, 15) is 9.59 Å². The van der Waals surface area contributed by atoms with Crippen molar-refractivity contribution in [3.63, 3.8) is 0 Å². The largest absolute Gasteiger partial charge is 0.337 e. The number of aryl methyl sites for hydroxylation is 1. The quantitative estimate of drug-likeness (QED) is 0.896. The van der Waals surface area contributed by atoms with Crippen molar-refractivity contribution in [2.45, 2.75) is 25.8 Å².